The van der Waals surface area contributed by atoms with Gasteiger partial charge in [-0.05, 0) is 17.9 Å². The first-order valence-corrected chi connectivity index (χ1v) is 7.18. The molecule has 114 valence electrons. The fraction of sp³-hybridized carbons (Fsp3) is 0.500. The Morgan fingerprint density at radius 2 is 1.95 bits per heavy atom. The van der Waals surface area contributed by atoms with Crippen LogP contribution in [0.3, 0.4) is 0 Å². The number of carbonyl (C=O) groups excluding carboxylic acids is 1. The lowest BCUT2D eigenvalue weighted by atomic mass is 10.0. The van der Waals surface area contributed by atoms with Crippen LogP contribution in [0, 0.1) is 22.0 Å². The third-order valence-corrected chi connectivity index (χ3v) is 4.34. The normalized spacial score (nSPS) is 21.4. The van der Waals surface area contributed by atoms with Gasteiger partial charge in [0, 0.05) is 31.8 Å². The van der Waals surface area contributed by atoms with E-state index in [-0.39, 0.29) is 27.9 Å². The number of anilines is 1. The summed E-state index contributed by atoms with van der Waals surface area (Å²) < 4.78 is 0. The zero-order chi connectivity index (χ0) is 15.7. The molecule has 1 aromatic rings. The monoisotopic (exact) mass is 311 g/mol. The average molecular weight is 312 g/mol. The molecule has 1 aliphatic rings. The minimum atomic E-state index is -0.538. The van der Waals surface area contributed by atoms with Gasteiger partial charge in [0.25, 0.3) is 11.6 Å². The van der Waals surface area contributed by atoms with Crippen LogP contribution in [-0.2, 0) is 0 Å². The molecule has 21 heavy (non-hydrogen) atoms. The molecular formula is C14H18ClN3O3. The quantitative estimate of drug-likeness (QED) is 0.687. The van der Waals surface area contributed by atoms with E-state index < -0.39 is 4.92 Å². The summed E-state index contributed by atoms with van der Waals surface area (Å²) in [6, 6.07) is 2.77. The number of nitro benzene ring substituents is 1. The highest BCUT2D eigenvalue weighted by Crippen LogP contribution is 2.34. The molecule has 2 unspecified atom stereocenters. The van der Waals surface area contributed by atoms with Crippen LogP contribution < -0.4 is 5.32 Å². The molecule has 0 spiro atoms. The summed E-state index contributed by atoms with van der Waals surface area (Å²) in [7, 11) is 1.56. The number of carbonyl (C=O) groups is 1. The number of amides is 1. The van der Waals surface area contributed by atoms with Crippen molar-refractivity contribution < 1.29 is 9.72 Å². The molecule has 1 aliphatic heterocycles. The van der Waals surface area contributed by atoms with Gasteiger partial charge in [-0.1, -0.05) is 25.4 Å². The van der Waals surface area contributed by atoms with Gasteiger partial charge in [0.15, 0.2) is 0 Å². The van der Waals surface area contributed by atoms with Crippen molar-refractivity contribution in [3.05, 3.63) is 32.8 Å². The van der Waals surface area contributed by atoms with Crippen LogP contribution >= 0.6 is 11.6 Å². The Morgan fingerprint density at radius 1 is 1.38 bits per heavy atom. The summed E-state index contributed by atoms with van der Waals surface area (Å²) in [4.78, 5) is 24.8. The van der Waals surface area contributed by atoms with Gasteiger partial charge in [-0.15, -0.1) is 0 Å². The second-order valence-corrected chi connectivity index (χ2v) is 5.93. The van der Waals surface area contributed by atoms with Gasteiger partial charge >= 0.3 is 0 Å². The highest BCUT2D eigenvalue weighted by Gasteiger charge is 2.31. The van der Waals surface area contributed by atoms with E-state index in [9.17, 15) is 14.9 Å². The lowest BCUT2D eigenvalue weighted by molar-refractivity contribution is -0.384. The molecule has 1 N–H and O–H groups in total. The molecule has 7 heteroatoms. The van der Waals surface area contributed by atoms with E-state index in [0.29, 0.717) is 24.9 Å². The molecule has 1 amide bonds. The van der Waals surface area contributed by atoms with E-state index >= 15 is 0 Å². The first-order valence-electron chi connectivity index (χ1n) is 6.80. The maximum absolute atomic E-state index is 12.5. The summed E-state index contributed by atoms with van der Waals surface area (Å²) in [5, 5.41) is 14.0. The van der Waals surface area contributed by atoms with Crippen molar-refractivity contribution in [3.63, 3.8) is 0 Å². The first kappa shape index (κ1) is 15.6. The lowest BCUT2D eigenvalue weighted by Gasteiger charge is -2.17. The molecule has 0 bridgehead atoms. The van der Waals surface area contributed by atoms with E-state index in [1.807, 2.05) is 0 Å². The summed E-state index contributed by atoms with van der Waals surface area (Å²) in [5.74, 6) is 0.644. The van der Waals surface area contributed by atoms with Crippen molar-refractivity contribution in [2.24, 2.45) is 11.8 Å². The van der Waals surface area contributed by atoms with Crippen molar-refractivity contribution in [1.29, 1.82) is 0 Å². The minimum Gasteiger partial charge on any atom is -0.381 e. The van der Waals surface area contributed by atoms with E-state index in [1.165, 1.54) is 12.1 Å². The molecule has 1 heterocycles. The number of hydrogen-bond donors (Lipinski definition) is 1. The Bertz CT molecular complexity index is 581. The zero-order valence-electron chi connectivity index (χ0n) is 12.2. The number of hydrogen-bond acceptors (Lipinski definition) is 4. The second-order valence-electron chi connectivity index (χ2n) is 5.52. The molecule has 2 atom stereocenters. The van der Waals surface area contributed by atoms with E-state index in [1.54, 1.807) is 11.9 Å². The first-order chi connectivity index (χ1) is 9.85. The Labute approximate surface area is 128 Å². The second kappa shape index (κ2) is 5.89. The molecule has 1 fully saturated rings. The van der Waals surface area contributed by atoms with Gasteiger partial charge in [0.05, 0.1) is 9.95 Å². The molecule has 0 aliphatic carbocycles. The minimum absolute atomic E-state index is 0.176. The van der Waals surface area contributed by atoms with Crippen LogP contribution in [0.15, 0.2) is 12.1 Å². The van der Waals surface area contributed by atoms with Crippen molar-refractivity contribution in [3.8, 4) is 0 Å². The van der Waals surface area contributed by atoms with Gasteiger partial charge < -0.3 is 10.2 Å². The molecular weight excluding hydrogens is 294 g/mol. The number of halogens is 1. The highest BCUT2D eigenvalue weighted by atomic mass is 35.5. The van der Waals surface area contributed by atoms with Crippen LogP contribution in [0.2, 0.25) is 5.02 Å². The SMILES string of the molecule is CNc1c(Cl)cc(C(=O)N2CC(C)C(C)C2)cc1[N+](=O)[O-]. The molecule has 6 nitrogen and oxygen atoms in total. The van der Waals surface area contributed by atoms with Crippen molar-refractivity contribution in [2.45, 2.75) is 13.8 Å². The van der Waals surface area contributed by atoms with Crippen LogP contribution in [0.25, 0.3) is 0 Å². The molecule has 0 saturated carbocycles. The average Bonchev–Trinajstić information content (AvgIpc) is 2.76. The number of nitro groups is 1. The van der Waals surface area contributed by atoms with Crippen molar-refractivity contribution in [1.82, 2.24) is 4.90 Å². The van der Waals surface area contributed by atoms with Crippen molar-refractivity contribution >= 4 is 28.9 Å². The van der Waals surface area contributed by atoms with Crippen LogP contribution in [0.4, 0.5) is 11.4 Å². The maximum atomic E-state index is 12.5. The fourth-order valence-corrected chi connectivity index (χ4v) is 2.89. The van der Waals surface area contributed by atoms with Gasteiger partial charge in [0.2, 0.25) is 0 Å². The van der Waals surface area contributed by atoms with Crippen LogP contribution in [0.1, 0.15) is 24.2 Å². The highest BCUT2D eigenvalue weighted by molar-refractivity contribution is 6.34. The number of benzene rings is 1. The molecule has 0 radical (unpaired) electrons. The number of likely N-dealkylation sites (tertiary alicyclic amines) is 1. The Morgan fingerprint density at radius 3 is 2.43 bits per heavy atom. The van der Waals surface area contributed by atoms with Crippen LogP contribution in [0.5, 0.6) is 0 Å². The molecule has 1 saturated heterocycles. The van der Waals surface area contributed by atoms with Crippen molar-refractivity contribution in [2.75, 3.05) is 25.5 Å². The van der Waals surface area contributed by atoms with Gasteiger partial charge in [-0.25, -0.2) is 0 Å². The predicted molar refractivity (Wildman–Crippen MR) is 81.9 cm³/mol. The summed E-state index contributed by atoms with van der Waals surface area (Å²) in [5.41, 5.74) is 0.294. The number of nitrogens with zero attached hydrogens (tertiary/aromatic N) is 2. The molecule has 1 aromatic carbocycles. The Kier molecular flexibility index (Phi) is 4.37. The maximum Gasteiger partial charge on any atom is 0.294 e. The number of nitrogens with one attached hydrogen (secondary N) is 1. The molecule has 0 aromatic heterocycles. The summed E-state index contributed by atoms with van der Waals surface area (Å²) in [6.45, 7) is 5.52. The topological polar surface area (TPSA) is 75.5 Å². The van der Waals surface area contributed by atoms with Gasteiger partial charge in [0.1, 0.15) is 5.69 Å². The smallest absolute Gasteiger partial charge is 0.294 e. The van der Waals surface area contributed by atoms with Crippen LogP contribution in [-0.4, -0.2) is 35.9 Å². The Hall–Kier alpha value is -1.82. The standard InChI is InChI=1S/C14H18ClN3O3/c1-8-6-17(7-9(8)2)14(19)10-4-11(15)13(16-3)12(5-10)18(20)21/h4-5,8-9,16H,6-7H2,1-3H3. The summed E-state index contributed by atoms with van der Waals surface area (Å²) >= 11 is 6.05. The third kappa shape index (κ3) is 2.95. The number of rotatable bonds is 3. The van der Waals surface area contributed by atoms with Gasteiger partial charge in [-0.2, -0.15) is 0 Å². The summed E-state index contributed by atoms with van der Waals surface area (Å²) in [6.07, 6.45) is 0. The lowest BCUT2D eigenvalue weighted by Crippen LogP contribution is -2.29. The molecule has 2 rings (SSSR count). The fourth-order valence-electron chi connectivity index (χ4n) is 2.59. The van der Waals surface area contributed by atoms with Gasteiger partial charge in [-0.3, -0.25) is 14.9 Å². The zero-order valence-corrected chi connectivity index (χ0v) is 13.0. The van der Waals surface area contributed by atoms with E-state index in [4.69, 9.17) is 11.6 Å². The Balaban J connectivity index is 2.36. The van der Waals surface area contributed by atoms with E-state index in [0.717, 1.165) is 0 Å². The van der Waals surface area contributed by atoms with E-state index in [2.05, 4.69) is 19.2 Å². The third-order valence-electron chi connectivity index (χ3n) is 4.04. The largest absolute Gasteiger partial charge is 0.381 e. The predicted octanol–water partition coefficient (Wildman–Crippen LogP) is 3.02.